The second-order valence-corrected chi connectivity index (χ2v) is 5.12. The summed E-state index contributed by atoms with van der Waals surface area (Å²) < 4.78 is 5.89. The van der Waals surface area contributed by atoms with Gasteiger partial charge in [-0.05, 0) is 38.4 Å². The van der Waals surface area contributed by atoms with Crippen LogP contribution in [0.25, 0.3) is 0 Å². The lowest BCUT2D eigenvalue weighted by Gasteiger charge is -2.34. The molecule has 1 saturated heterocycles. The van der Waals surface area contributed by atoms with Crippen LogP contribution in [-0.2, 0) is 11.3 Å². The van der Waals surface area contributed by atoms with Crippen molar-refractivity contribution in [3.63, 3.8) is 0 Å². The molecule has 1 atom stereocenters. The first-order valence-corrected chi connectivity index (χ1v) is 7.29. The lowest BCUT2D eigenvalue weighted by molar-refractivity contribution is 0.0440. The average molecular weight is 263 g/mol. The Morgan fingerprint density at radius 2 is 2.42 bits per heavy atom. The third-order valence-corrected chi connectivity index (χ3v) is 3.46. The van der Waals surface area contributed by atoms with E-state index in [0.29, 0.717) is 6.10 Å². The molecule has 2 rings (SSSR count). The number of hydrogen-bond donors (Lipinski definition) is 1. The number of nitrogens with zero attached hydrogens (tertiary/aromatic N) is 2. The third-order valence-electron chi connectivity index (χ3n) is 3.46. The van der Waals surface area contributed by atoms with Crippen molar-refractivity contribution in [2.45, 2.75) is 38.8 Å². The summed E-state index contributed by atoms with van der Waals surface area (Å²) in [6.45, 7) is 5.97. The van der Waals surface area contributed by atoms with Crippen LogP contribution in [0.15, 0.2) is 18.3 Å². The van der Waals surface area contributed by atoms with E-state index in [0.717, 1.165) is 38.4 Å². The fraction of sp³-hybridized carbons (Fsp3) is 0.667. The number of rotatable bonds is 6. The highest BCUT2D eigenvalue weighted by Crippen LogP contribution is 2.21. The van der Waals surface area contributed by atoms with Gasteiger partial charge in [-0.25, -0.2) is 0 Å². The van der Waals surface area contributed by atoms with Crippen molar-refractivity contribution in [3.05, 3.63) is 24.0 Å². The monoisotopic (exact) mass is 263 g/mol. The first-order chi connectivity index (χ1) is 9.33. The minimum atomic E-state index is 0.384. The maximum atomic E-state index is 5.89. The summed E-state index contributed by atoms with van der Waals surface area (Å²) in [5.41, 5.74) is 2.36. The minimum absolute atomic E-state index is 0.384. The smallest absolute Gasteiger partial charge is 0.0750 e. The van der Waals surface area contributed by atoms with E-state index >= 15 is 0 Å². The summed E-state index contributed by atoms with van der Waals surface area (Å²) in [5.74, 6) is 0. The number of piperidine rings is 1. The lowest BCUT2D eigenvalue weighted by Crippen LogP contribution is -2.39. The van der Waals surface area contributed by atoms with Gasteiger partial charge in [0.1, 0.15) is 0 Å². The number of aromatic nitrogens is 1. The normalized spacial score (nSPS) is 19.7. The molecule has 4 heteroatoms. The fourth-order valence-electron chi connectivity index (χ4n) is 2.53. The number of nitrogens with one attached hydrogen (secondary N) is 1. The lowest BCUT2D eigenvalue weighted by atomic mass is 10.1. The van der Waals surface area contributed by atoms with E-state index in [2.05, 4.69) is 34.3 Å². The minimum Gasteiger partial charge on any atom is -0.376 e. The molecule has 0 aromatic carbocycles. The van der Waals surface area contributed by atoms with Crippen LogP contribution in [0.1, 0.15) is 31.9 Å². The van der Waals surface area contributed by atoms with Crippen molar-refractivity contribution < 1.29 is 4.74 Å². The van der Waals surface area contributed by atoms with E-state index in [1.807, 2.05) is 13.2 Å². The number of anilines is 1. The van der Waals surface area contributed by atoms with Crippen molar-refractivity contribution in [1.82, 2.24) is 10.3 Å². The number of pyridine rings is 1. The van der Waals surface area contributed by atoms with Crippen LogP contribution in [0.3, 0.4) is 0 Å². The molecule has 2 heterocycles. The van der Waals surface area contributed by atoms with Crippen LogP contribution in [0.4, 0.5) is 5.69 Å². The van der Waals surface area contributed by atoms with E-state index in [4.69, 9.17) is 4.74 Å². The van der Waals surface area contributed by atoms with Gasteiger partial charge in [0, 0.05) is 38.1 Å². The standard InChI is InChI=1S/C15H25N3O/c1-3-9-19-15-5-4-8-18(12-15)14-6-7-17-13(10-14)11-16-2/h6-7,10,15-16H,3-5,8-9,11-12H2,1-2H3. The summed E-state index contributed by atoms with van der Waals surface area (Å²) in [6.07, 6.45) is 5.77. The Morgan fingerprint density at radius 3 is 3.21 bits per heavy atom. The van der Waals surface area contributed by atoms with Crippen LogP contribution < -0.4 is 10.2 Å². The van der Waals surface area contributed by atoms with Crippen LogP contribution in [0.5, 0.6) is 0 Å². The molecule has 0 saturated carbocycles. The van der Waals surface area contributed by atoms with Gasteiger partial charge in [0.2, 0.25) is 0 Å². The molecule has 0 bridgehead atoms. The molecule has 1 unspecified atom stereocenters. The van der Waals surface area contributed by atoms with Crippen LogP contribution in [0.2, 0.25) is 0 Å². The van der Waals surface area contributed by atoms with Gasteiger partial charge in [0.15, 0.2) is 0 Å². The van der Waals surface area contributed by atoms with Gasteiger partial charge < -0.3 is 15.0 Å². The first-order valence-electron chi connectivity index (χ1n) is 7.29. The Hall–Kier alpha value is -1.13. The van der Waals surface area contributed by atoms with Crippen molar-refractivity contribution in [3.8, 4) is 0 Å². The van der Waals surface area contributed by atoms with Crippen LogP contribution in [0, 0.1) is 0 Å². The Kier molecular flexibility index (Phi) is 5.61. The SMILES string of the molecule is CCCOC1CCCN(c2ccnc(CNC)c2)C1. The molecular formula is C15H25N3O. The molecule has 1 aromatic heterocycles. The zero-order valence-corrected chi connectivity index (χ0v) is 12.1. The molecule has 0 radical (unpaired) electrons. The Balaban J connectivity index is 1.98. The zero-order valence-electron chi connectivity index (χ0n) is 12.1. The van der Waals surface area contributed by atoms with Gasteiger partial charge in [-0.15, -0.1) is 0 Å². The molecule has 0 spiro atoms. The Labute approximate surface area is 116 Å². The molecular weight excluding hydrogens is 238 g/mol. The van der Waals surface area contributed by atoms with Gasteiger partial charge >= 0.3 is 0 Å². The quantitative estimate of drug-likeness (QED) is 0.854. The first kappa shape index (κ1) is 14.3. The van der Waals surface area contributed by atoms with Crippen molar-refractivity contribution >= 4 is 5.69 Å². The highest BCUT2D eigenvalue weighted by atomic mass is 16.5. The summed E-state index contributed by atoms with van der Waals surface area (Å²) in [4.78, 5) is 6.79. The van der Waals surface area contributed by atoms with Crippen molar-refractivity contribution in [1.29, 1.82) is 0 Å². The average Bonchev–Trinajstić information content (AvgIpc) is 2.46. The molecule has 1 aliphatic heterocycles. The summed E-state index contributed by atoms with van der Waals surface area (Å²) in [6, 6.07) is 4.28. The predicted molar refractivity (Wildman–Crippen MR) is 78.5 cm³/mol. The van der Waals surface area contributed by atoms with Gasteiger partial charge in [-0.3, -0.25) is 4.98 Å². The van der Waals surface area contributed by atoms with Gasteiger partial charge in [-0.1, -0.05) is 6.92 Å². The molecule has 1 N–H and O–H groups in total. The molecule has 19 heavy (non-hydrogen) atoms. The number of ether oxygens (including phenoxy) is 1. The van der Waals surface area contributed by atoms with E-state index in [9.17, 15) is 0 Å². The van der Waals surface area contributed by atoms with E-state index in [1.54, 1.807) is 0 Å². The summed E-state index contributed by atoms with van der Waals surface area (Å²) in [7, 11) is 1.95. The zero-order chi connectivity index (χ0) is 13.5. The molecule has 1 fully saturated rings. The van der Waals surface area contributed by atoms with Crippen molar-refractivity contribution in [2.75, 3.05) is 31.6 Å². The maximum Gasteiger partial charge on any atom is 0.0750 e. The van der Waals surface area contributed by atoms with Crippen LogP contribution in [-0.4, -0.2) is 37.8 Å². The highest BCUT2D eigenvalue weighted by Gasteiger charge is 2.20. The largest absolute Gasteiger partial charge is 0.376 e. The second-order valence-electron chi connectivity index (χ2n) is 5.12. The fourth-order valence-corrected chi connectivity index (χ4v) is 2.53. The highest BCUT2D eigenvalue weighted by molar-refractivity contribution is 5.47. The Morgan fingerprint density at radius 1 is 1.53 bits per heavy atom. The third kappa shape index (κ3) is 4.18. The maximum absolute atomic E-state index is 5.89. The van der Waals surface area contributed by atoms with Gasteiger partial charge in [0.25, 0.3) is 0 Å². The molecule has 1 aliphatic rings. The second kappa shape index (κ2) is 7.46. The topological polar surface area (TPSA) is 37.4 Å². The summed E-state index contributed by atoms with van der Waals surface area (Å²) >= 11 is 0. The number of hydrogen-bond acceptors (Lipinski definition) is 4. The molecule has 4 nitrogen and oxygen atoms in total. The van der Waals surface area contributed by atoms with Gasteiger partial charge in [-0.2, -0.15) is 0 Å². The Bertz CT molecular complexity index is 383. The van der Waals surface area contributed by atoms with E-state index in [1.165, 1.54) is 18.5 Å². The molecule has 106 valence electrons. The van der Waals surface area contributed by atoms with Crippen LogP contribution >= 0.6 is 0 Å². The summed E-state index contributed by atoms with van der Waals surface area (Å²) in [5, 5.41) is 3.15. The van der Waals surface area contributed by atoms with E-state index < -0.39 is 0 Å². The van der Waals surface area contributed by atoms with Crippen molar-refractivity contribution in [2.24, 2.45) is 0 Å². The van der Waals surface area contributed by atoms with E-state index in [-0.39, 0.29) is 0 Å². The molecule has 0 aliphatic carbocycles. The van der Waals surface area contributed by atoms with Gasteiger partial charge in [0.05, 0.1) is 11.8 Å². The predicted octanol–water partition coefficient (Wildman–Crippen LogP) is 2.20. The molecule has 0 amide bonds. The molecule has 1 aromatic rings.